The highest BCUT2D eigenvalue weighted by Crippen LogP contribution is 2.48. The molecule has 0 unspecified atom stereocenters. The Balaban J connectivity index is 1.72. The van der Waals surface area contributed by atoms with Crippen molar-refractivity contribution in [1.29, 1.82) is 0 Å². The number of hydrogen-bond acceptors (Lipinski definition) is 3. The number of fused-ring (bicyclic) bond motifs is 3. The minimum absolute atomic E-state index is 0.218. The van der Waals surface area contributed by atoms with E-state index in [1.807, 2.05) is 24.3 Å². The van der Waals surface area contributed by atoms with Crippen molar-refractivity contribution in [2.75, 3.05) is 14.2 Å². The third-order valence-corrected chi connectivity index (χ3v) is 5.51. The molecule has 128 valence electrons. The molecule has 0 fully saturated rings. The molecule has 0 radical (unpaired) electrons. The summed E-state index contributed by atoms with van der Waals surface area (Å²) in [5.41, 5.74) is 4.91. The molecule has 0 saturated heterocycles. The Kier molecular flexibility index (Phi) is 4.08. The maximum atomic E-state index is 12.4. The molecule has 0 heterocycles. The van der Waals surface area contributed by atoms with Gasteiger partial charge in [0.15, 0.2) is 5.78 Å². The number of carbonyl (C=O) groups excluding carboxylic acids is 1. The van der Waals surface area contributed by atoms with Gasteiger partial charge in [-0.2, -0.15) is 0 Å². The average Bonchev–Trinajstić information content (AvgIpc) is 2.66. The van der Waals surface area contributed by atoms with Gasteiger partial charge < -0.3 is 9.47 Å². The summed E-state index contributed by atoms with van der Waals surface area (Å²) in [4.78, 5) is 12.4. The summed E-state index contributed by atoms with van der Waals surface area (Å²) in [6, 6.07) is 14.4. The first-order valence-electron chi connectivity index (χ1n) is 8.75. The molecule has 2 aliphatic rings. The van der Waals surface area contributed by atoms with Gasteiger partial charge in [-0.1, -0.05) is 18.2 Å². The van der Waals surface area contributed by atoms with Crippen molar-refractivity contribution in [3.8, 4) is 11.5 Å². The molecule has 3 nitrogen and oxygen atoms in total. The lowest BCUT2D eigenvalue weighted by Crippen LogP contribution is -2.26. The van der Waals surface area contributed by atoms with Gasteiger partial charge in [0.25, 0.3) is 0 Å². The van der Waals surface area contributed by atoms with Crippen LogP contribution in [0.4, 0.5) is 0 Å². The molecule has 0 spiro atoms. The van der Waals surface area contributed by atoms with Crippen LogP contribution in [0, 0.1) is 5.92 Å². The Morgan fingerprint density at radius 3 is 2.36 bits per heavy atom. The van der Waals surface area contributed by atoms with Gasteiger partial charge in [-0.05, 0) is 77.3 Å². The Hall–Kier alpha value is -2.55. The predicted octanol–water partition coefficient (Wildman–Crippen LogP) is 4.41. The van der Waals surface area contributed by atoms with E-state index in [9.17, 15) is 4.79 Å². The molecule has 4 rings (SSSR count). The molecule has 2 atom stereocenters. The monoisotopic (exact) mass is 334 g/mol. The number of carbonyl (C=O) groups is 1. The third kappa shape index (κ3) is 2.84. The van der Waals surface area contributed by atoms with Crippen LogP contribution in [0.1, 0.15) is 35.4 Å². The van der Waals surface area contributed by atoms with E-state index in [1.54, 1.807) is 14.2 Å². The van der Waals surface area contributed by atoms with E-state index in [-0.39, 0.29) is 11.7 Å². The fourth-order valence-corrected chi connectivity index (χ4v) is 4.25. The lowest BCUT2D eigenvalue weighted by atomic mass is 9.67. The summed E-state index contributed by atoms with van der Waals surface area (Å²) < 4.78 is 10.6. The molecule has 0 saturated carbocycles. The second-order valence-corrected chi connectivity index (χ2v) is 6.82. The van der Waals surface area contributed by atoms with Gasteiger partial charge in [-0.15, -0.1) is 0 Å². The zero-order valence-electron chi connectivity index (χ0n) is 14.6. The van der Waals surface area contributed by atoms with Gasteiger partial charge in [0.05, 0.1) is 14.2 Å². The van der Waals surface area contributed by atoms with Crippen LogP contribution in [-0.4, -0.2) is 20.0 Å². The van der Waals surface area contributed by atoms with E-state index in [0.717, 1.165) is 24.3 Å². The minimum Gasteiger partial charge on any atom is -0.497 e. The van der Waals surface area contributed by atoms with E-state index in [0.29, 0.717) is 12.3 Å². The van der Waals surface area contributed by atoms with Crippen molar-refractivity contribution in [2.24, 2.45) is 5.92 Å². The van der Waals surface area contributed by atoms with Gasteiger partial charge in [0.1, 0.15) is 11.5 Å². The highest BCUT2D eigenvalue weighted by molar-refractivity contribution is 6.00. The van der Waals surface area contributed by atoms with Crippen LogP contribution in [0.5, 0.6) is 11.5 Å². The van der Waals surface area contributed by atoms with Gasteiger partial charge in [0.2, 0.25) is 0 Å². The number of rotatable bonds is 3. The minimum atomic E-state index is 0.218. The van der Waals surface area contributed by atoms with E-state index >= 15 is 0 Å². The second kappa shape index (κ2) is 6.40. The first kappa shape index (κ1) is 15.9. The van der Waals surface area contributed by atoms with E-state index in [2.05, 4.69) is 24.3 Å². The molecule has 0 aromatic heterocycles. The summed E-state index contributed by atoms with van der Waals surface area (Å²) in [6.07, 6.45) is 4.55. The third-order valence-electron chi connectivity index (χ3n) is 5.51. The quantitative estimate of drug-likeness (QED) is 0.834. The van der Waals surface area contributed by atoms with Crippen molar-refractivity contribution in [2.45, 2.75) is 25.2 Å². The molecule has 0 N–H and O–H groups in total. The molecule has 0 aliphatic heterocycles. The Labute approximate surface area is 148 Å². The zero-order valence-corrected chi connectivity index (χ0v) is 14.6. The fraction of sp³-hybridized carbons (Fsp3) is 0.318. The average molecular weight is 334 g/mol. The van der Waals surface area contributed by atoms with E-state index in [1.165, 1.54) is 22.3 Å². The van der Waals surface area contributed by atoms with E-state index < -0.39 is 0 Å². The van der Waals surface area contributed by atoms with Crippen LogP contribution in [0.15, 0.2) is 48.5 Å². The van der Waals surface area contributed by atoms with Gasteiger partial charge in [-0.3, -0.25) is 4.79 Å². The van der Waals surface area contributed by atoms with Crippen molar-refractivity contribution < 1.29 is 14.3 Å². The summed E-state index contributed by atoms with van der Waals surface area (Å²) in [6.45, 7) is 0. The first-order valence-corrected chi connectivity index (χ1v) is 8.75. The number of hydrogen-bond donors (Lipinski definition) is 0. The SMILES string of the molecule is COc1ccc([C@H]2CC(=O)C=C3c4ccc(OC)cc4CC[C@@H]32)cc1. The normalized spacial score (nSPS) is 21.8. The number of benzene rings is 2. The van der Waals surface area contributed by atoms with Gasteiger partial charge >= 0.3 is 0 Å². The Bertz CT molecular complexity index is 833. The summed E-state index contributed by atoms with van der Waals surface area (Å²) in [5.74, 6) is 2.59. The fourth-order valence-electron chi connectivity index (χ4n) is 4.25. The van der Waals surface area contributed by atoms with E-state index in [4.69, 9.17) is 9.47 Å². The molecule has 2 aromatic rings. The van der Waals surface area contributed by atoms with Gasteiger partial charge in [0, 0.05) is 6.42 Å². The zero-order chi connectivity index (χ0) is 17.4. The number of aryl methyl sites for hydroxylation is 1. The largest absolute Gasteiger partial charge is 0.497 e. The number of ether oxygens (including phenoxy) is 2. The Morgan fingerprint density at radius 2 is 1.64 bits per heavy atom. The first-order chi connectivity index (χ1) is 12.2. The van der Waals surface area contributed by atoms with Crippen LogP contribution in [-0.2, 0) is 11.2 Å². The number of methoxy groups -OCH3 is 2. The topological polar surface area (TPSA) is 35.5 Å². The highest BCUT2D eigenvalue weighted by Gasteiger charge is 2.36. The van der Waals surface area contributed by atoms with Crippen molar-refractivity contribution in [3.05, 3.63) is 65.2 Å². The molecule has 3 heteroatoms. The maximum Gasteiger partial charge on any atom is 0.156 e. The van der Waals surface area contributed by atoms with Crippen LogP contribution >= 0.6 is 0 Å². The molecular weight excluding hydrogens is 312 g/mol. The van der Waals surface area contributed by atoms with Crippen molar-refractivity contribution >= 4 is 11.4 Å². The lowest BCUT2D eigenvalue weighted by molar-refractivity contribution is -0.115. The van der Waals surface area contributed by atoms with Crippen LogP contribution in [0.2, 0.25) is 0 Å². The molecular formula is C22H22O3. The van der Waals surface area contributed by atoms with Crippen LogP contribution < -0.4 is 9.47 Å². The predicted molar refractivity (Wildman–Crippen MR) is 98.1 cm³/mol. The number of ketones is 1. The second-order valence-electron chi connectivity index (χ2n) is 6.82. The maximum absolute atomic E-state index is 12.4. The van der Waals surface area contributed by atoms with Crippen LogP contribution in [0.25, 0.3) is 5.57 Å². The molecule has 2 aliphatic carbocycles. The highest BCUT2D eigenvalue weighted by atomic mass is 16.5. The molecule has 2 aromatic carbocycles. The summed E-state index contributed by atoms with van der Waals surface area (Å²) in [7, 11) is 3.36. The van der Waals surface area contributed by atoms with Crippen LogP contribution in [0.3, 0.4) is 0 Å². The van der Waals surface area contributed by atoms with Gasteiger partial charge in [-0.25, -0.2) is 0 Å². The Morgan fingerprint density at radius 1 is 0.920 bits per heavy atom. The smallest absolute Gasteiger partial charge is 0.156 e. The van der Waals surface area contributed by atoms with Crippen molar-refractivity contribution in [1.82, 2.24) is 0 Å². The standard InChI is InChI=1S/C22H22O3/c1-24-17-6-3-14(4-7-17)21-12-16(23)13-22-19-10-8-18(25-2)11-15(19)5-9-20(21)22/h3-4,6-8,10-11,13,20-21H,5,9,12H2,1-2H3/t20-,21-/m1/s1. The molecule has 0 bridgehead atoms. The lowest BCUT2D eigenvalue weighted by Gasteiger charge is -2.37. The number of allylic oxidation sites excluding steroid dienone is 2. The van der Waals surface area contributed by atoms with Crippen molar-refractivity contribution in [3.63, 3.8) is 0 Å². The summed E-state index contributed by atoms with van der Waals surface area (Å²) >= 11 is 0. The molecule has 25 heavy (non-hydrogen) atoms. The molecule has 0 amide bonds. The summed E-state index contributed by atoms with van der Waals surface area (Å²) in [5, 5.41) is 0.